The lowest BCUT2D eigenvalue weighted by Gasteiger charge is -2.02. The quantitative estimate of drug-likeness (QED) is 0.744. The van der Waals surface area contributed by atoms with Crippen molar-refractivity contribution in [3.05, 3.63) is 35.0 Å². The number of carbonyl (C=O) groups excluding carboxylic acids is 1. The molecule has 2 aromatic rings. The number of hydrogen-bond donors (Lipinski definition) is 0. The van der Waals surface area contributed by atoms with Crippen LogP contribution in [0, 0.1) is 13.8 Å². The zero-order chi connectivity index (χ0) is 12.6. The average Bonchev–Trinajstić information content (AvgIpc) is 2.53. The fraction of sp³-hybridized carbons (Fsp3) is 0.357. The number of aryl methyl sites for hydroxylation is 2. The number of esters is 1. The van der Waals surface area contributed by atoms with Gasteiger partial charge in [0.05, 0.1) is 17.7 Å². The van der Waals surface area contributed by atoms with E-state index in [0.717, 1.165) is 16.6 Å². The average molecular weight is 231 g/mol. The summed E-state index contributed by atoms with van der Waals surface area (Å²) >= 11 is 0. The van der Waals surface area contributed by atoms with E-state index in [4.69, 9.17) is 4.74 Å². The van der Waals surface area contributed by atoms with Gasteiger partial charge in [-0.05, 0) is 26.3 Å². The lowest BCUT2D eigenvalue weighted by molar-refractivity contribution is 0.0527. The Bertz CT molecular complexity index is 581. The number of rotatable bonds is 2. The summed E-state index contributed by atoms with van der Waals surface area (Å²) in [6, 6.07) is 6.00. The van der Waals surface area contributed by atoms with Gasteiger partial charge in [-0.3, -0.25) is 0 Å². The number of para-hydroxylation sites is 1. The van der Waals surface area contributed by atoms with Crippen LogP contribution in [0.3, 0.4) is 0 Å². The first-order chi connectivity index (χ1) is 8.07. The molecule has 0 saturated heterocycles. The van der Waals surface area contributed by atoms with Crippen LogP contribution < -0.4 is 0 Å². The van der Waals surface area contributed by atoms with Gasteiger partial charge in [-0.1, -0.05) is 18.2 Å². The maximum atomic E-state index is 12.0. The van der Waals surface area contributed by atoms with Crippen molar-refractivity contribution in [1.29, 1.82) is 0 Å². The van der Waals surface area contributed by atoms with Crippen LogP contribution in [0.1, 0.15) is 28.5 Å². The Balaban J connectivity index is 2.76. The minimum atomic E-state index is -0.235. The van der Waals surface area contributed by atoms with E-state index in [2.05, 4.69) is 17.6 Å². The van der Waals surface area contributed by atoms with Gasteiger partial charge in [0.25, 0.3) is 0 Å². The van der Waals surface area contributed by atoms with Crippen LogP contribution in [0.25, 0.3) is 10.9 Å². The van der Waals surface area contributed by atoms with Gasteiger partial charge in [-0.15, -0.1) is 0 Å². The number of carbonyl (C=O) groups is 1. The normalized spacial score (nSPS) is 10.8. The lowest BCUT2D eigenvalue weighted by atomic mass is 10.1. The van der Waals surface area contributed by atoms with Crippen LogP contribution in [0.2, 0.25) is 0 Å². The van der Waals surface area contributed by atoms with Crippen molar-refractivity contribution in [2.75, 3.05) is 6.61 Å². The molecule has 17 heavy (non-hydrogen) atoms. The number of nitrogens with zero attached hydrogens (tertiary/aromatic N) is 1. The molecule has 1 aromatic heterocycles. The molecule has 3 nitrogen and oxygen atoms in total. The van der Waals surface area contributed by atoms with Gasteiger partial charge in [-0.25, -0.2) is 4.79 Å². The molecule has 0 fully saturated rings. The van der Waals surface area contributed by atoms with E-state index in [1.54, 1.807) is 0 Å². The van der Waals surface area contributed by atoms with Crippen LogP contribution >= 0.6 is 0 Å². The van der Waals surface area contributed by atoms with Crippen LogP contribution in [0.5, 0.6) is 0 Å². The molecule has 0 aliphatic carbocycles. The van der Waals surface area contributed by atoms with Crippen LogP contribution in [-0.4, -0.2) is 17.1 Å². The van der Waals surface area contributed by atoms with Crippen molar-refractivity contribution in [1.82, 2.24) is 4.57 Å². The monoisotopic (exact) mass is 231 g/mol. The molecule has 0 atom stereocenters. The van der Waals surface area contributed by atoms with Crippen molar-refractivity contribution in [2.24, 2.45) is 7.05 Å². The SMILES string of the molecule is CCOC(=O)c1c(C)n(C)c2c(C)cccc12. The third kappa shape index (κ3) is 1.71. The first-order valence-electron chi connectivity index (χ1n) is 5.79. The molecule has 0 aliphatic heterocycles. The first kappa shape index (κ1) is 11.7. The van der Waals surface area contributed by atoms with Crippen molar-refractivity contribution in [2.45, 2.75) is 20.8 Å². The molecule has 0 bridgehead atoms. The molecular formula is C14H17NO2. The summed E-state index contributed by atoms with van der Waals surface area (Å²) in [4.78, 5) is 12.0. The van der Waals surface area contributed by atoms with Gasteiger partial charge in [0.15, 0.2) is 0 Å². The zero-order valence-electron chi connectivity index (χ0n) is 10.7. The van der Waals surface area contributed by atoms with Crippen LogP contribution in [-0.2, 0) is 11.8 Å². The smallest absolute Gasteiger partial charge is 0.340 e. The molecule has 0 radical (unpaired) electrons. The maximum Gasteiger partial charge on any atom is 0.340 e. The second-order valence-electron chi connectivity index (χ2n) is 4.21. The van der Waals surface area contributed by atoms with Crippen molar-refractivity contribution < 1.29 is 9.53 Å². The van der Waals surface area contributed by atoms with Gasteiger partial charge >= 0.3 is 5.97 Å². The second-order valence-corrected chi connectivity index (χ2v) is 4.21. The molecule has 0 aliphatic rings. The van der Waals surface area contributed by atoms with Gasteiger partial charge < -0.3 is 9.30 Å². The summed E-state index contributed by atoms with van der Waals surface area (Å²) in [5.74, 6) is -0.235. The highest BCUT2D eigenvalue weighted by Crippen LogP contribution is 2.27. The van der Waals surface area contributed by atoms with Crippen LogP contribution in [0.15, 0.2) is 18.2 Å². The number of hydrogen-bond acceptors (Lipinski definition) is 2. The van der Waals surface area contributed by atoms with Crippen LogP contribution in [0.4, 0.5) is 0 Å². The number of benzene rings is 1. The van der Waals surface area contributed by atoms with Gasteiger partial charge in [0.1, 0.15) is 0 Å². The predicted molar refractivity (Wildman–Crippen MR) is 68.3 cm³/mol. The Morgan fingerprint density at radius 1 is 1.35 bits per heavy atom. The Labute approximate surface area is 101 Å². The molecule has 90 valence electrons. The van der Waals surface area contributed by atoms with Gasteiger partial charge in [-0.2, -0.15) is 0 Å². The highest BCUT2D eigenvalue weighted by atomic mass is 16.5. The third-order valence-electron chi connectivity index (χ3n) is 3.19. The number of ether oxygens (including phenoxy) is 1. The summed E-state index contributed by atoms with van der Waals surface area (Å²) in [6.07, 6.45) is 0. The summed E-state index contributed by atoms with van der Waals surface area (Å²) in [7, 11) is 1.98. The van der Waals surface area contributed by atoms with E-state index in [0.29, 0.717) is 12.2 Å². The fourth-order valence-electron chi connectivity index (χ4n) is 2.30. The van der Waals surface area contributed by atoms with E-state index >= 15 is 0 Å². The summed E-state index contributed by atoms with van der Waals surface area (Å²) in [5, 5.41) is 0.975. The minimum absolute atomic E-state index is 0.235. The second kappa shape index (κ2) is 4.24. The highest BCUT2D eigenvalue weighted by Gasteiger charge is 2.19. The van der Waals surface area contributed by atoms with E-state index in [1.165, 1.54) is 5.56 Å². The maximum absolute atomic E-state index is 12.0. The van der Waals surface area contributed by atoms with Crippen molar-refractivity contribution in [3.8, 4) is 0 Å². The summed E-state index contributed by atoms with van der Waals surface area (Å²) in [5.41, 5.74) is 3.91. The molecular weight excluding hydrogens is 214 g/mol. The number of fused-ring (bicyclic) bond motifs is 1. The predicted octanol–water partition coefficient (Wildman–Crippen LogP) is 2.97. The van der Waals surface area contributed by atoms with Crippen molar-refractivity contribution >= 4 is 16.9 Å². The molecule has 3 heteroatoms. The summed E-state index contributed by atoms with van der Waals surface area (Å²) in [6.45, 7) is 6.23. The molecule has 0 saturated carbocycles. The van der Waals surface area contributed by atoms with Gasteiger partial charge in [0, 0.05) is 18.1 Å². The molecule has 0 amide bonds. The molecule has 1 aromatic carbocycles. The van der Waals surface area contributed by atoms with E-state index < -0.39 is 0 Å². The minimum Gasteiger partial charge on any atom is -0.462 e. The van der Waals surface area contributed by atoms with E-state index in [-0.39, 0.29) is 5.97 Å². The first-order valence-corrected chi connectivity index (χ1v) is 5.79. The van der Waals surface area contributed by atoms with Gasteiger partial charge in [0.2, 0.25) is 0 Å². The fourth-order valence-corrected chi connectivity index (χ4v) is 2.30. The molecule has 0 unspecified atom stereocenters. The topological polar surface area (TPSA) is 31.2 Å². The Morgan fingerprint density at radius 2 is 2.06 bits per heavy atom. The van der Waals surface area contributed by atoms with Crippen molar-refractivity contribution in [3.63, 3.8) is 0 Å². The summed E-state index contributed by atoms with van der Waals surface area (Å²) < 4.78 is 7.17. The zero-order valence-corrected chi connectivity index (χ0v) is 10.7. The van der Waals surface area contributed by atoms with E-state index in [9.17, 15) is 4.79 Å². The molecule has 0 spiro atoms. The molecule has 2 rings (SSSR count). The third-order valence-corrected chi connectivity index (χ3v) is 3.19. The number of aromatic nitrogens is 1. The molecule has 1 heterocycles. The molecule has 0 N–H and O–H groups in total. The Morgan fingerprint density at radius 3 is 2.71 bits per heavy atom. The largest absolute Gasteiger partial charge is 0.462 e. The standard InChI is InChI=1S/C14H17NO2/c1-5-17-14(16)12-10(3)15(4)13-9(2)7-6-8-11(12)13/h6-8H,5H2,1-4H3. The van der Waals surface area contributed by atoms with E-state index in [1.807, 2.05) is 33.0 Å². The Kier molecular flexibility index (Phi) is 2.92. The Hall–Kier alpha value is -1.77. The highest BCUT2D eigenvalue weighted by molar-refractivity contribution is 6.06. The lowest BCUT2D eigenvalue weighted by Crippen LogP contribution is -2.06.